The van der Waals surface area contributed by atoms with Crippen LogP contribution in [0.3, 0.4) is 0 Å². The first-order chi connectivity index (χ1) is 9.11. The fraction of sp³-hybridized carbons (Fsp3) is 0.0833. The Morgan fingerprint density at radius 2 is 2.26 bits per heavy atom. The van der Waals surface area contributed by atoms with Gasteiger partial charge in [-0.15, -0.1) is 0 Å². The number of halogens is 1. The van der Waals surface area contributed by atoms with Crippen molar-refractivity contribution in [2.24, 2.45) is 0 Å². The first kappa shape index (κ1) is 13.1. The van der Waals surface area contributed by atoms with Crippen LogP contribution in [0.5, 0.6) is 0 Å². The minimum Gasteiger partial charge on any atom is -0.466 e. The normalized spacial score (nSPS) is 9.89. The second-order valence-corrected chi connectivity index (χ2v) is 4.50. The van der Waals surface area contributed by atoms with Crippen molar-refractivity contribution in [2.75, 3.05) is 5.32 Å². The maximum Gasteiger partial charge on any atom is 0.293 e. The van der Waals surface area contributed by atoms with Crippen LogP contribution in [0.25, 0.3) is 0 Å². The number of nitrogens with zero attached hydrogens (tertiary/aromatic N) is 2. The van der Waals surface area contributed by atoms with Gasteiger partial charge in [0, 0.05) is 6.07 Å². The Bertz CT molecular complexity index is 660. The fourth-order valence-corrected chi connectivity index (χ4v) is 1.87. The van der Waals surface area contributed by atoms with Gasteiger partial charge in [0.1, 0.15) is 11.4 Å². The van der Waals surface area contributed by atoms with E-state index >= 15 is 0 Å². The van der Waals surface area contributed by atoms with Crippen LogP contribution in [-0.2, 0) is 6.54 Å². The maximum absolute atomic E-state index is 10.9. The minimum atomic E-state index is -0.527. The number of anilines is 1. The zero-order chi connectivity index (χ0) is 13.8. The van der Waals surface area contributed by atoms with Crippen LogP contribution in [0, 0.1) is 21.4 Å². The molecule has 0 aliphatic rings. The zero-order valence-corrected chi connectivity index (χ0v) is 11.2. The molecule has 1 heterocycles. The summed E-state index contributed by atoms with van der Waals surface area (Å²) in [5.74, 6) is 0.638. The number of furan rings is 1. The van der Waals surface area contributed by atoms with Crippen LogP contribution in [0.4, 0.5) is 11.4 Å². The largest absolute Gasteiger partial charge is 0.466 e. The average molecular weight is 322 g/mol. The predicted octanol–water partition coefficient (Wildman–Crippen LogP) is 3.43. The molecule has 0 aliphatic carbocycles. The molecule has 0 unspecified atom stereocenters. The van der Waals surface area contributed by atoms with Gasteiger partial charge in [0.05, 0.1) is 33.8 Å². The molecular formula is C12H8BrN3O3. The number of nitrogens with one attached hydrogen (secondary N) is 1. The summed E-state index contributed by atoms with van der Waals surface area (Å²) in [5, 5.41) is 22.6. The van der Waals surface area contributed by atoms with E-state index in [2.05, 4.69) is 21.2 Å². The van der Waals surface area contributed by atoms with Gasteiger partial charge in [-0.05, 0) is 34.1 Å². The van der Waals surface area contributed by atoms with Crippen molar-refractivity contribution in [3.8, 4) is 6.07 Å². The molecule has 0 amide bonds. The van der Waals surface area contributed by atoms with Gasteiger partial charge in [0.15, 0.2) is 0 Å². The van der Waals surface area contributed by atoms with Gasteiger partial charge in [0.2, 0.25) is 0 Å². The molecule has 0 aliphatic heterocycles. The number of hydrogen-bond donors (Lipinski definition) is 1. The average Bonchev–Trinajstić information content (AvgIpc) is 2.81. The molecule has 1 N–H and O–H groups in total. The molecule has 19 heavy (non-hydrogen) atoms. The van der Waals surface area contributed by atoms with E-state index in [1.54, 1.807) is 6.07 Å². The van der Waals surface area contributed by atoms with Gasteiger partial charge in [-0.3, -0.25) is 10.1 Å². The van der Waals surface area contributed by atoms with Crippen LogP contribution in [-0.4, -0.2) is 4.92 Å². The van der Waals surface area contributed by atoms with E-state index < -0.39 is 4.92 Å². The van der Waals surface area contributed by atoms with Crippen molar-refractivity contribution < 1.29 is 9.34 Å². The summed E-state index contributed by atoms with van der Waals surface area (Å²) in [5.41, 5.74) is 0.449. The van der Waals surface area contributed by atoms with E-state index in [-0.39, 0.29) is 11.3 Å². The summed E-state index contributed by atoms with van der Waals surface area (Å²) < 4.78 is 5.99. The van der Waals surface area contributed by atoms with Crippen LogP contribution >= 0.6 is 15.9 Å². The number of nitro groups is 1. The van der Waals surface area contributed by atoms with Gasteiger partial charge in [-0.1, -0.05) is 0 Å². The Hall–Kier alpha value is -2.33. The number of nitriles is 1. The van der Waals surface area contributed by atoms with Gasteiger partial charge >= 0.3 is 0 Å². The van der Waals surface area contributed by atoms with Crippen LogP contribution in [0.1, 0.15) is 11.3 Å². The van der Waals surface area contributed by atoms with Crippen LogP contribution < -0.4 is 5.32 Å². The zero-order valence-electron chi connectivity index (χ0n) is 9.59. The summed E-state index contributed by atoms with van der Waals surface area (Å²) >= 11 is 3.30. The molecule has 0 atom stereocenters. The topological polar surface area (TPSA) is 92.1 Å². The van der Waals surface area contributed by atoms with Gasteiger partial charge in [-0.25, -0.2) is 0 Å². The van der Waals surface area contributed by atoms with Gasteiger partial charge < -0.3 is 9.73 Å². The third-order valence-electron chi connectivity index (χ3n) is 2.45. The molecule has 7 heteroatoms. The molecule has 6 nitrogen and oxygen atoms in total. The SMILES string of the molecule is N#Cc1ccc(NCc2occc2Br)c([N+](=O)[O-])c1. The summed E-state index contributed by atoms with van der Waals surface area (Å²) in [7, 11) is 0. The molecule has 0 spiro atoms. The van der Waals surface area contributed by atoms with Crippen molar-refractivity contribution in [3.05, 3.63) is 56.4 Å². The molecule has 2 aromatic rings. The molecule has 0 bridgehead atoms. The van der Waals surface area contributed by atoms with Crippen LogP contribution in [0.2, 0.25) is 0 Å². The van der Waals surface area contributed by atoms with Gasteiger partial charge in [-0.2, -0.15) is 5.26 Å². The first-order valence-electron chi connectivity index (χ1n) is 5.26. The highest BCUT2D eigenvalue weighted by atomic mass is 79.9. The third-order valence-corrected chi connectivity index (χ3v) is 3.16. The molecule has 0 radical (unpaired) electrons. The number of hydrogen-bond acceptors (Lipinski definition) is 5. The summed E-state index contributed by atoms with van der Waals surface area (Å²) in [6, 6.07) is 7.87. The lowest BCUT2D eigenvalue weighted by molar-refractivity contribution is -0.384. The van der Waals surface area contributed by atoms with Crippen LogP contribution in [0.15, 0.2) is 39.4 Å². The summed E-state index contributed by atoms with van der Waals surface area (Å²) in [6.07, 6.45) is 1.52. The van der Waals surface area contributed by atoms with Crippen molar-refractivity contribution in [1.29, 1.82) is 5.26 Å². The number of nitro benzene ring substituents is 1. The lowest BCUT2D eigenvalue weighted by Gasteiger charge is -2.06. The molecule has 1 aromatic carbocycles. The van der Waals surface area contributed by atoms with Crippen molar-refractivity contribution in [2.45, 2.75) is 6.54 Å². The van der Waals surface area contributed by atoms with E-state index in [9.17, 15) is 10.1 Å². The van der Waals surface area contributed by atoms with E-state index in [1.807, 2.05) is 6.07 Å². The summed E-state index contributed by atoms with van der Waals surface area (Å²) in [6.45, 7) is 0.306. The number of rotatable bonds is 4. The van der Waals surface area contributed by atoms with Crippen molar-refractivity contribution in [3.63, 3.8) is 0 Å². The van der Waals surface area contributed by atoms with E-state index in [4.69, 9.17) is 9.68 Å². The Morgan fingerprint density at radius 3 is 2.84 bits per heavy atom. The first-order valence-corrected chi connectivity index (χ1v) is 6.05. The molecular weight excluding hydrogens is 314 g/mol. The third kappa shape index (κ3) is 2.92. The Balaban J connectivity index is 2.23. The quantitative estimate of drug-likeness (QED) is 0.687. The highest BCUT2D eigenvalue weighted by Gasteiger charge is 2.15. The van der Waals surface area contributed by atoms with E-state index in [1.165, 1.54) is 24.5 Å². The second kappa shape index (κ2) is 5.54. The minimum absolute atomic E-state index is 0.137. The van der Waals surface area contributed by atoms with Crippen molar-refractivity contribution >= 4 is 27.3 Å². The van der Waals surface area contributed by atoms with E-state index in [0.717, 1.165) is 4.47 Å². The highest BCUT2D eigenvalue weighted by molar-refractivity contribution is 9.10. The molecule has 0 saturated carbocycles. The Morgan fingerprint density at radius 1 is 1.47 bits per heavy atom. The molecule has 0 fully saturated rings. The lowest BCUT2D eigenvalue weighted by Crippen LogP contribution is -2.02. The predicted molar refractivity (Wildman–Crippen MR) is 71.5 cm³/mol. The van der Waals surface area contributed by atoms with Crippen molar-refractivity contribution in [1.82, 2.24) is 0 Å². The fourth-order valence-electron chi connectivity index (χ4n) is 1.53. The monoisotopic (exact) mass is 321 g/mol. The van der Waals surface area contributed by atoms with Gasteiger partial charge in [0.25, 0.3) is 5.69 Å². The Kier molecular flexibility index (Phi) is 3.82. The molecule has 2 rings (SSSR count). The van der Waals surface area contributed by atoms with E-state index in [0.29, 0.717) is 18.0 Å². The molecule has 1 aromatic heterocycles. The summed E-state index contributed by atoms with van der Waals surface area (Å²) in [4.78, 5) is 10.4. The lowest BCUT2D eigenvalue weighted by atomic mass is 10.2. The molecule has 0 saturated heterocycles. The second-order valence-electron chi connectivity index (χ2n) is 3.65. The Labute approximate surface area is 116 Å². The standard InChI is InChI=1S/C12H8BrN3O3/c13-9-3-4-19-12(9)7-15-10-2-1-8(6-14)5-11(10)16(17)18/h1-5,15H,7H2. The molecule has 96 valence electrons. The maximum atomic E-state index is 10.9. The number of benzene rings is 1. The highest BCUT2D eigenvalue weighted by Crippen LogP contribution is 2.27. The smallest absolute Gasteiger partial charge is 0.293 e.